The molecule has 1 aliphatic heterocycles. The molecule has 0 spiro atoms. The smallest absolute Gasteiger partial charge is 0.344 e. The minimum absolute atomic E-state index is 0.319. The van der Waals surface area contributed by atoms with Gasteiger partial charge < -0.3 is 13.6 Å². The number of rotatable bonds is 3. The van der Waals surface area contributed by atoms with Crippen molar-refractivity contribution in [2.24, 2.45) is 5.92 Å². The lowest BCUT2D eigenvalue weighted by Gasteiger charge is -2.30. The van der Waals surface area contributed by atoms with Crippen LogP contribution in [0.5, 0.6) is 5.75 Å². The summed E-state index contributed by atoms with van der Waals surface area (Å²) in [6.45, 7) is 6.26. The molecule has 0 fully saturated rings. The van der Waals surface area contributed by atoms with E-state index < -0.39 is 11.3 Å². The molecular formula is C24H20BrNO5. The zero-order valence-corrected chi connectivity index (χ0v) is 18.7. The highest BCUT2D eigenvalue weighted by Gasteiger charge is 2.24. The molecule has 1 aliphatic rings. The first-order chi connectivity index (χ1) is 14.9. The zero-order valence-electron chi connectivity index (χ0n) is 17.1. The van der Waals surface area contributed by atoms with Crippen LogP contribution in [0.15, 0.2) is 65.4 Å². The lowest BCUT2D eigenvalue weighted by Crippen LogP contribution is -2.34. The number of nitrogens with zero attached hydrogens (tertiary/aromatic N) is 1. The quantitative estimate of drug-likeness (QED) is 0.377. The summed E-state index contributed by atoms with van der Waals surface area (Å²) in [5.41, 5.74) is 1.53. The van der Waals surface area contributed by atoms with E-state index in [1.807, 2.05) is 24.3 Å². The average Bonchev–Trinajstić information content (AvgIpc) is 2.72. The van der Waals surface area contributed by atoms with E-state index in [1.54, 1.807) is 12.1 Å². The maximum atomic E-state index is 12.8. The van der Waals surface area contributed by atoms with Crippen LogP contribution in [-0.4, -0.2) is 18.2 Å². The molecule has 0 aliphatic carbocycles. The van der Waals surface area contributed by atoms with Gasteiger partial charge in [0.1, 0.15) is 23.6 Å². The Balaban J connectivity index is 1.73. The summed E-state index contributed by atoms with van der Waals surface area (Å²) in [5.74, 6) is 1.17. The topological polar surface area (TPSA) is 72.9 Å². The zero-order chi connectivity index (χ0) is 21.7. The Morgan fingerprint density at radius 1 is 1.03 bits per heavy atom. The Morgan fingerprint density at radius 3 is 2.68 bits per heavy atom. The van der Waals surface area contributed by atoms with Crippen molar-refractivity contribution in [2.75, 3.05) is 13.3 Å². The molecule has 7 heteroatoms. The summed E-state index contributed by atoms with van der Waals surface area (Å²) in [6, 6.07) is 12.2. The van der Waals surface area contributed by atoms with Crippen LogP contribution in [0.25, 0.3) is 33.1 Å². The summed E-state index contributed by atoms with van der Waals surface area (Å²) in [4.78, 5) is 27.4. The van der Waals surface area contributed by atoms with Gasteiger partial charge in [-0.05, 0) is 42.3 Å². The van der Waals surface area contributed by atoms with Crippen LogP contribution in [0.1, 0.15) is 19.4 Å². The van der Waals surface area contributed by atoms with Crippen LogP contribution in [0.4, 0.5) is 0 Å². The van der Waals surface area contributed by atoms with E-state index in [-0.39, 0.29) is 0 Å². The van der Waals surface area contributed by atoms with Gasteiger partial charge in [-0.15, -0.1) is 0 Å². The van der Waals surface area contributed by atoms with Crippen molar-refractivity contribution in [3.63, 3.8) is 0 Å². The maximum Gasteiger partial charge on any atom is 0.344 e. The molecule has 0 N–H and O–H groups in total. The minimum atomic E-state index is -0.523. The maximum absolute atomic E-state index is 12.8. The number of fused-ring (bicyclic) bond motifs is 4. The van der Waals surface area contributed by atoms with Gasteiger partial charge in [0.25, 0.3) is 0 Å². The summed E-state index contributed by atoms with van der Waals surface area (Å²) in [5, 5.41) is 1.43. The standard InChI is InChI=1S/C24H20BrNO5/c1-13(2)10-26-11-19-21(29-12-26)6-4-16-17(9-22(27)31-23(16)19)18-8-14-7-15(25)3-5-20(14)30-24(18)28/h3-9,13H,10-12H2,1-2H3. The average molecular weight is 482 g/mol. The Bertz CT molecular complexity index is 1440. The van der Waals surface area contributed by atoms with Crippen LogP contribution in [0.2, 0.25) is 0 Å². The molecule has 0 amide bonds. The van der Waals surface area contributed by atoms with Crippen molar-refractivity contribution in [1.82, 2.24) is 4.90 Å². The number of hydrogen-bond acceptors (Lipinski definition) is 6. The van der Waals surface area contributed by atoms with Gasteiger partial charge >= 0.3 is 11.3 Å². The second-order valence-electron chi connectivity index (χ2n) is 8.21. The lowest BCUT2D eigenvalue weighted by molar-refractivity contribution is 0.0848. The molecule has 5 rings (SSSR count). The minimum Gasteiger partial charge on any atom is -0.478 e. The highest BCUT2D eigenvalue weighted by molar-refractivity contribution is 9.10. The summed E-state index contributed by atoms with van der Waals surface area (Å²) in [6.07, 6.45) is 0. The van der Waals surface area contributed by atoms with Crippen LogP contribution >= 0.6 is 15.9 Å². The molecule has 3 heterocycles. The number of benzene rings is 2. The van der Waals surface area contributed by atoms with E-state index in [4.69, 9.17) is 13.6 Å². The van der Waals surface area contributed by atoms with Gasteiger partial charge in [0.2, 0.25) is 0 Å². The van der Waals surface area contributed by atoms with Gasteiger partial charge in [-0.3, -0.25) is 4.90 Å². The van der Waals surface area contributed by atoms with Gasteiger partial charge in [0.15, 0.2) is 0 Å². The first kappa shape index (κ1) is 20.0. The van der Waals surface area contributed by atoms with Crippen molar-refractivity contribution in [1.29, 1.82) is 0 Å². The Kier molecular flexibility index (Phi) is 4.95. The van der Waals surface area contributed by atoms with Crippen molar-refractivity contribution in [2.45, 2.75) is 20.4 Å². The molecule has 0 atom stereocenters. The van der Waals surface area contributed by atoms with Gasteiger partial charge in [-0.2, -0.15) is 0 Å². The molecule has 158 valence electrons. The third-order valence-electron chi connectivity index (χ3n) is 5.36. The van der Waals surface area contributed by atoms with Gasteiger partial charge in [-0.1, -0.05) is 29.8 Å². The Labute approximate surface area is 186 Å². The van der Waals surface area contributed by atoms with Crippen LogP contribution in [0.3, 0.4) is 0 Å². The van der Waals surface area contributed by atoms with Crippen LogP contribution in [-0.2, 0) is 6.54 Å². The van der Waals surface area contributed by atoms with E-state index in [2.05, 4.69) is 34.7 Å². The predicted octanol–water partition coefficient (Wildman–Crippen LogP) is 5.14. The van der Waals surface area contributed by atoms with Gasteiger partial charge in [0, 0.05) is 40.0 Å². The van der Waals surface area contributed by atoms with E-state index in [1.165, 1.54) is 6.07 Å². The van der Waals surface area contributed by atoms with Crippen molar-refractivity contribution in [3.05, 3.63) is 73.3 Å². The van der Waals surface area contributed by atoms with Crippen molar-refractivity contribution >= 4 is 37.9 Å². The van der Waals surface area contributed by atoms with E-state index in [0.717, 1.165) is 22.0 Å². The number of halogens is 1. The van der Waals surface area contributed by atoms with Crippen LogP contribution < -0.4 is 16.0 Å². The SMILES string of the molecule is CC(C)CN1COc2ccc3c(-c4cc5cc(Br)ccc5oc4=O)cc(=O)oc3c2C1. The molecule has 31 heavy (non-hydrogen) atoms. The highest BCUT2D eigenvalue weighted by atomic mass is 79.9. The normalized spacial score (nSPS) is 14.2. The molecule has 6 nitrogen and oxygen atoms in total. The van der Waals surface area contributed by atoms with Crippen molar-refractivity contribution in [3.8, 4) is 16.9 Å². The molecule has 2 aromatic heterocycles. The molecule has 0 saturated heterocycles. The number of ether oxygens (including phenoxy) is 1. The first-order valence-corrected chi connectivity index (χ1v) is 10.9. The predicted molar refractivity (Wildman–Crippen MR) is 122 cm³/mol. The number of hydrogen-bond donors (Lipinski definition) is 0. The lowest BCUT2D eigenvalue weighted by atomic mass is 9.99. The fourth-order valence-electron chi connectivity index (χ4n) is 4.12. The Hall–Kier alpha value is -2.90. The fourth-order valence-corrected chi connectivity index (χ4v) is 4.50. The molecule has 4 aromatic rings. The molecule has 2 aromatic carbocycles. The fraction of sp³-hybridized carbons (Fsp3) is 0.250. The molecule has 0 bridgehead atoms. The summed E-state index contributed by atoms with van der Waals surface area (Å²) in [7, 11) is 0. The molecular weight excluding hydrogens is 462 g/mol. The van der Waals surface area contributed by atoms with Crippen molar-refractivity contribution < 1.29 is 13.6 Å². The van der Waals surface area contributed by atoms with Crippen LogP contribution in [0, 0.1) is 5.92 Å². The first-order valence-electron chi connectivity index (χ1n) is 10.1. The third kappa shape index (κ3) is 3.68. The van der Waals surface area contributed by atoms with E-state index in [0.29, 0.717) is 52.6 Å². The molecule has 0 radical (unpaired) electrons. The second-order valence-corrected chi connectivity index (χ2v) is 9.12. The van der Waals surface area contributed by atoms with Gasteiger partial charge in [-0.25, -0.2) is 9.59 Å². The highest BCUT2D eigenvalue weighted by Crippen LogP contribution is 2.36. The monoisotopic (exact) mass is 481 g/mol. The molecule has 0 unspecified atom stereocenters. The summed E-state index contributed by atoms with van der Waals surface area (Å²) >= 11 is 3.44. The van der Waals surface area contributed by atoms with E-state index in [9.17, 15) is 9.59 Å². The Morgan fingerprint density at radius 2 is 1.87 bits per heavy atom. The third-order valence-corrected chi connectivity index (χ3v) is 5.86. The largest absolute Gasteiger partial charge is 0.478 e. The summed E-state index contributed by atoms with van der Waals surface area (Å²) < 4.78 is 17.9. The van der Waals surface area contributed by atoms with E-state index >= 15 is 0 Å². The second kappa shape index (κ2) is 7.66. The molecule has 0 saturated carbocycles. The van der Waals surface area contributed by atoms with Gasteiger partial charge in [0.05, 0.1) is 11.1 Å².